The van der Waals surface area contributed by atoms with Gasteiger partial charge in [-0.15, -0.1) is 0 Å². The van der Waals surface area contributed by atoms with Crippen molar-refractivity contribution in [3.8, 4) is 0 Å². The Morgan fingerprint density at radius 2 is 2.27 bits per heavy atom. The van der Waals surface area contributed by atoms with E-state index in [0.717, 1.165) is 23.5 Å². The highest BCUT2D eigenvalue weighted by Crippen LogP contribution is 2.32. The number of fused-ring (bicyclic) bond motifs is 1. The second-order valence-electron chi connectivity index (χ2n) is 4.15. The predicted molar refractivity (Wildman–Crippen MR) is 59.8 cm³/mol. The van der Waals surface area contributed by atoms with Crippen molar-refractivity contribution in [3.05, 3.63) is 28.8 Å². The Bertz CT molecular complexity index is 565. The predicted octanol–water partition coefficient (Wildman–Crippen LogP) is 3.25. The molecule has 2 aromatic rings. The number of nitrogens with zero attached hydrogens (tertiary/aromatic N) is 1. The number of hydrogen-bond donors (Lipinski definition) is 1. The zero-order valence-electron chi connectivity index (χ0n) is 8.16. The maximum absolute atomic E-state index is 13.1. The minimum Gasteiger partial charge on any atom is -0.331 e. The topological polar surface area (TPSA) is 20.7 Å². The van der Waals surface area contributed by atoms with Gasteiger partial charge in [0.05, 0.1) is 11.0 Å². The summed E-state index contributed by atoms with van der Waals surface area (Å²) in [6, 6.07) is 4.74. The lowest BCUT2D eigenvalue weighted by atomic mass is 10.3. The SMILES string of the molecule is Fc1ccc2[nH]c(=S)n(CC3CC3)c2c1. The number of benzene rings is 1. The van der Waals surface area contributed by atoms with Crippen LogP contribution >= 0.6 is 12.2 Å². The number of imidazole rings is 1. The molecular weight excluding hydrogens is 211 g/mol. The molecular formula is C11H11FN2S. The molecule has 1 aliphatic rings. The summed E-state index contributed by atoms with van der Waals surface area (Å²) in [5.41, 5.74) is 1.80. The first-order valence-electron chi connectivity index (χ1n) is 5.12. The number of hydrogen-bond acceptors (Lipinski definition) is 1. The van der Waals surface area contributed by atoms with Crippen LogP contribution in [0.5, 0.6) is 0 Å². The summed E-state index contributed by atoms with van der Waals surface area (Å²) in [4.78, 5) is 3.10. The molecule has 3 rings (SSSR count). The molecule has 1 aromatic carbocycles. The van der Waals surface area contributed by atoms with Gasteiger partial charge in [-0.1, -0.05) is 0 Å². The van der Waals surface area contributed by atoms with Gasteiger partial charge < -0.3 is 9.55 Å². The molecule has 1 saturated carbocycles. The van der Waals surface area contributed by atoms with Crippen LogP contribution in [-0.4, -0.2) is 9.55 Å². The quantitative estimate of drug-likeness (QED) is 0.773. The maximum Gasteiger partial charge on any atom is 0.178 e. The molecule has 0 spiro atoms. The van der Waals surface area contributed by atoms with Crippen LogP contribution in [0.15, 0.2) is 18.2 Å². The van der Waals surface area contributed by atoms with Crippen molar-refractivity contribution in [2.24, 2.45) is 5.92 Å². The van der Waals surface area contributed by atoms with Gasteiger partial charge in [0.25, 0.3) is 0 Å². The summed E-state index contributed by atoms with van der Waals surface area (Å²) in [5, 5.41) is 0. The van der Waals surface area contributed by atoms with Crippen LogP contribution in [0.4, 0.5) is 4.39 Å². The summed E-state index contributed by atoms with van der Waals surface area (Å²) in [7, 11) is 0. The van der Waals surface area contributed by atoms with E-state index < -0.39 is 0 Å². The van der Waals surface area contributed by atoms with Crippen molar-refractivity contribution >= 4 is 23.3 Å². The largest absolute Gasteiger partial charge is 0.331 e. The average Bonchev–Trinajstić information content (AvgIpc) is 2.96. The molecule has 1 N–H and O–H groups in total. The summed E-state index contributed by atoms with van der Waals surface area (Å²) in [6.07, 6.45) is 2.54. The van der Waals surface area contributed by atoms with Crippen LogP contribution in [0.3, 0.4) is 0 Å². The molecule has 2 nitrogen and oxygen atoms in total. The summed E-state index contributed by atoms with van der Waals surface area (Å²) in [6.45, 7) is 0.919. The third kappa shape index (κ3) is 1.59. The van der Waals surface area contributed by atoms with Crippen molar-refractivity contribution in [3.63, 3.8) is 0 Å². The van der Waals surface area contributed by atoms with E-state index in [1.807, 2.05) is 4.57 Å². The van der Waals surface area contributed by atoms with Crippen LogP contribution in [0.25, 0.3) is 11.0 Å². The summed E-state index contributed by atoms with van der Waals surface area (Å²) < 4.78 is 15.8. The Balaban J connectivity index is 2.20. The molecule has 1 aliphatic carbocycles. The fraction of sp³-hybridized carbons (Fsp3) is 0.364. The molecule has 78 valence electrons. The molecule has 15 heavy (non-hydrogen) atoms. The normalized spacial score (nSPS) is 16.1. The maximum atomic E-state index is 13.1. The molecule has 1 aromatic heterocycles. The van der Waals surface area contributed by atoms with E-state index in [0.29, 0.717) is 4.77 Å². The molecule has 0 aliphatic heterocycles. The van der Waals surface area contributed by atoms with Gasteiger partial charge in [-0.05, 0) is 49.2 Å². The highest BCUT2D eigenvalue weighted by molar-refractivity contribution is 7.71. The van der Waals surface area contributed by atoms with Crippen LogP contribution in [0, 0.1) is 16.5 Å². The molecule has 0 amide bonds. The van der Waals surface area contributed by atoms with Gasteiger partial charge in [0, 0.05) is 6.54 Å². The molecule has 4 heteroatoms. The average molecular weight is 222 g/mol. The first kappa shape index (κ1) is 9.09. The van der Waals surface area contributed by atoms with Crippen LogP contribution in [0.1, 0.15) is 12.8 Å². The molecule has 0 saturated heterocycles. The Morgan fingerprint density at radius 1 is 1.47 bits per heavy atom. The standard InChI is InChI=1S/C11H11FN2S/c12-8-3-4-9-10(5-8)14(11(15)13-9)6-7-1-2-7/h3-5,7H,1-2,6H2,(H,13,15). The fourth-order valence-electron chi connectivity index (χ4n) is 1.87. The lowest BCUT2D eigenvalue weighted by Crippen LogP contribution is -1.99. The van der Waals surface area contributed by atoms with E-state index in [9.17, 15) is 4.39 Å². The number of halogens is 1. The molecule has 0 radical (unpaired) electrons. The van der Waals surface area contributed by atoms with Gasteiger partial charge in [-0.2, -0.15) is 0 Å². The van der Waals surface area contributed by atoms with E-state index in [-0.39, 0.29) is 5.82 Å². The molecule has 1 fully saturated rings. The minimum atomic E-state index is -0.207. The Morgan fingerprint density at radius 3 is 3.00 bits per heavy atom. The molecule has 0 unspecified atom stereocenters. The number of aromatic nitrogens is 2. The monoisotopic (exact) mass is 222 g/mol. The fourth-order valence-corrected chi connectivity index (χ4v) is 2.15. The molecule has 1 heterocycles. The van der Waals surface area contributed by atoms with Crippen molar-refractivity contribution in [2.75, 3.05) is 0 Å². The smallest absolute Gasteiger partial charge is 0.178 e. The highest BCUT2D eigenvalue weighted by Gasteiger charge is 2.22. The van der Waals surface area contributed by atoms with Crippen molar-refractivity contribution in [1.29, 1.82) is 0 Å². The second kappa shape index (κ2) is 3.17. The first-order valence-corrected chi connectivity index (χ1v) is 5.53. The number of aromatic amines is 1. The second-order valence-corrected chi connectivity index (χ2v) is 4.53. The highest BCUT2D eigenvalue weighted by atomic mass is 32.1. The summed E-state index contributed by atoms with van der Waals surface area (Å²) in [5.74, 6) is 0.528. The molecule has 0 bridgehead atoms. The Hall–Kier alpha value is -1.16. The molecule has 0 atom stereocenters. The van der Waals surface area contributed by atoms with Crippen molar-refractivity contribution in [2.45, 2.75) is 19.4 Å². The van der Waals surface area contributed by atoms with Gasteiger partial charge in [-0.3, -0.25) is 0 Å². The third-order valence-electron chi connectivity index (χ3n) is 2.88. The van der Waals surface area contributed by atoms with E-state index in [1.165, 1.54) is 18.9 Å². The number of H-pyrrole nitrogens is 1. The third-order valence-corrected chi connectivity index (χ3v) is 3.20. The van der Waals surface area contributed by atoms with Crippen molar-refractivity contribution in [1.82, 2.24) is 9.55 Å². The van der Waals surface area contributed by atoms with Gasteiger partial charge in [0.1, 0.15) is 5.82 Å². The summed E-state index contributed by atoms with van der Waals surface area (Å²) >= 11 is 5.23. The zero-order chi connectivity index (χ0) is 10.4. The minimum absolute atomic E-state index is 0.207. The van der Waals surface area contributed by atoms with Crippen molar-refractivity contribution < 1.29 is 4.39 Å². The van der Waals surface area contributed by atoms with Gasteiger partial charge in [0.2, 0.25) is 0 Å². The van der Waals surface area contributed by atoms with E-state index in [1.54, 1.807) is 12.1 Å². The number of nitrogens with one attached hydrogen (secondary N) is 1. The van der Waals surface area contributed by atoms with Gasteiger partial charge >= 0.3 is 0 Å². The lowest BCUT2D eigenvalue weighted by molar-refractivity contribution is 0.619. The van der Waals surface area contributed by atoms with Crippen LogP contribution in [-0.2, 0) is 6.54 Å². The van der Waals surface area contributed by atoms with E-state index >= 15 is 0 Å². The lowest BCUT2D eigenvalue weighted by Gasteiger charge is -2.01. The van der Waals surface area contributed by atoms with Crippen LogP contribution < -0.4 is 0 Å². The Kier molecular flexibility index (Phi) is 1.92. The Labute approximate surface area is 91.7 Å². The van der Waals surface area contributed by atoms with Crippen LogP contribution in [0.2, 0.25) is 0 Å². The first-order chi connectivity index (χ1) is 7.24. The van der Waals surface area contributed by atoms with E-state index in [4.69, 9.17) is 12.2 Å². The van der Waals surface area contributed by atoms with Gasteiger partial charge in [-0.25, -0.2) is 4.39 Å². The zero-order valence-corrected chi connectivity index (χ0v) is 8.98. The van der Waals surface area contributed by atoms with E-state index in [2.05, 4.69) is 4.98 Å². The number of rotatable bonds is 2. The van der Waals surface area contributed by atoms with Gasteiger partial charge in [0.15, 0.2) is 4.77 Å².